The van der Waals surface area contributed by atoms with Crippen molar-refractivity contribution in [1.82, 2.24) is 19.9 Å². The van der Waals surface area contributed by atoms with Crippen LogP contribution in [0.4, 0.5) is 4.39 Å². The van der Waals surface area contributed by atoms with Crippen molar-refractivity contribution >= 4 is 21.5 Å². The molecule has 0 radical (unpaired) electrons. The van der Waals surface area contributed by atoms with Gasteiger partial charge in [0.25, 0.3) is 0 Å². The van der Waals surface area contributed by atoms with Crippen LogP contribution in [0.1, 0.15) is 125 Å². The fourth-order valence-electron chi connectivity index (χ4n) is 12.2. The number of aliphatic hydroxyl groups is 3. The third-order valence-corrected chi connectivity index (χ3v) is 18.2. The Kier molecular flexibility index (Phi) is 20.2. The summed E-state index contributed by atoms with van der Waals surface area (Å²) in [5, 5.41) is 54.4. The van der Waals surface area contributed by atoms with E-state index in [1.807, 2.05) is 46.6 Å². The molecule has 0 amide bonds. The number of ether oxygens (including phenoxy) is 7. The predicted octanol–water partition coefficient (Wildman–Crippen LogP) is 6.23. The molecule has 18 nitrogen and oxygen atoms in total. The van der Waals surface area contributed by atoms with Crippen molar-refractivity contribution < 1.29 is 66.1 Å². The van der Waals surface area contributed by atoms with E-state index in [0.717, 1.165) is 17.4 Å². The number of halogens is 1. The lowest BCUT2D eigenvalue weighted by molar-refractivity contribution is -0.314. The van der Waals surface area contributed by atoms with Crippen LogP contribution in [-0.2, 0) is 60.6 Å². The van der Waals surface area contributed by atoms with Crippen LogP contribution in [0.15, 0.2) is 47.5 Å². The Morgan fingerprint density at radius 1 is 1.04 bits per heavy atom. The summed E-state index contributed by atoms with van der Waals surface area (Å²) in [5.41, 5.74) is -1.05. The minimum atomic E-state index is -3.37. The smallest absolute Gasteiger partial charge is 0.311 e. The van der Waals surface area contributed by atoms with E-state index in [9.17, 15) is 38.3 Å². The van der Waals surface area contributed by atoms with E-state index in [1.165, 1.54) is 23.9 Å². The highest BCUT2D eigenvalue weighted by molar-refractivity contribution is 7.90. The molecule has 75 heavy (non-hydrogen) atoms. The number of rotatable bonds is 15. The molecule has 6 rings (SSSR count). The standard InChI is InChI=1S/C55H88FN5O13S/c1-15-43-55(11,65)50-34(5)45(57)32(3)26-53(9,22-20-31(2)30-69-50)49(35(6)47(36(7)51(64)72-43)73-44-27-54(10,68-13)48(63)37(8)71-44)74-52-46(62)42(24-33(4)70-52)60(12)23-21-39-29-61(59-58-39)40(28-56)25-38-16-18-41(19-17-38)75(14,66)67/h16-19,29,32-37,40,42-44,46-50,52,57,62-63,65H,2,15,20-28,30H2,1,3-14H3/t32-,33-,34+,35+,36-,37+,40+,42+,43-,44+,46-,47+,48+,49-,50-,52+,53-,54-,55-/m1/s1. The summed E-state index contributed by atoms with van der Waals surface area (Å²) in [6.45, 7) is 22.8. The van der Waals surface area contributed by atoms with E-state index in [1.54, 1.807) is 46.0 Å². The molecule has 20 heteroatoms. The van der Waals surface area contributed by atoms with E-state index in [0.29, 0.717) is 50.1 Å². The van der Waals surface area contributed by atoms with Crippen LogP contribution in [0, 0.1) is 34.5 Å². The molecular weight excluding hydrogens is 990 g/mol. The van der Waals surface area contributed by atoms with Crippen LogP contribution in [0.3, 0.4) is 0 Å². The number of hydrogen-bond acceptors (Lipinski definition) is 17. The lowest BCUT2D eigenvalue weighted by atomic mass is 9.66. The van der Waals surface area contributed by atoms with Gasteiger partial charge in [-0.3, -0.25) is 4.79 Å². The maximum atomic E-state index is 14.8. The molecule has 5 heterocycles. The molecule has 0 spiro atoms. The number of hydrogen-bond donors (Lipinski definition) is 4. The van der Waals surface area contributed by atoms with E-state index in [-0.39, 0.29) is 42.8 Å². The summed E-state index contributed by atoms with van der Waals surface area (Å²) in [6, 6.07) is 5.27. The first-order chi connectivity index (χ1) is 35.1. The number of esters is 1. The zero-order valence-corrected chi connectivity index (χ0v) is 47.4. The van der Waals surface area contributed by atoms with Crippen LogP contribution in [0.25, 0.3) is 0 Å². The number of benzene rings is 1. The second-order valence-electron chi connectivity index (χ2n) is 23.2. The Labute approximate surface area is 444 Å². The van der Waals surface area contributed by atoms with Crippen molar-refractivity contribution in [1.29, 1.82) is 5.41 Å². The molecule has 4 saturated heterocycles. The summed E-state index contributed by atoms with van der Waals surface area (Å²) in [6.07, 6.45) is -3.20. The first-order valence-corrected chi connectivity index (χ1v) is 28.7. The van der Waals surface area contributed by atoms with Crippen molar-refractivity contribution in [2.45, 2.75) is 210 Å². The van der Waals surface area contributed by atoms with Crippen molar-refractivity contribution in [3.63, 3.8) is 0 Å². The number of sulfone groups is 1. The van der Waals surface area contributed by atoms with E-state index in [4.69, 9.17) is 33.2 Å². The fourth-order valence-corrected chi connectivity index (χ4v) is 12.9. The number of fused-ring (bicyclic) bond motifs is 5. The fraction of sp³-hybridized carbons (Fsp3) is 0.782. The maximum Gasteiger partial charge on any atom is 0.311 e. The Bertz CT molecular complexity index is 2360. The number of aliphatic hydroxyl groups excluding tert-OH is 2. The van der Waals surface area contributed by atoms with E-state index >= 15 is 0 Å². The molecule has 4 aliphatic heterocycles. The number of alkyl halides is 1. The van der Waals surface area contributed by atoms with Gasteiger partial charge >= 0.3 is 5.97 Å². The van der Waals surface area contributed by atoms with Gasteiger partial charge < -0.3 is 58.8 Å². The Balaban J connectivity index is 1.33. The van der Waals surface area contributed by atoms with Gasteiger partial charge in [0.15, 0.2) is 22.4 Å². The number of nitrogens with one attached hydrogen (secondary N) is 1. The number of methoxy groups -OCH3 is 1. The molecule has 4 N–H and O–H groups in total. The lowest BCUT2D eigenvalue weighted by Gasteiger charge is -2.50. The Morgan fingerprint density at radius 3 is 2.35 bits per heavy atom. The number of carbonyl (C=O) groups is 1. The maximum absolute atomic E-state index is 14.8. The second kappa shape index (κ2) is 24.8. The lowest BCUT2D eigenvalue weighted by Crippen LogP contribution is -2.60. The highest BCUT2D eigenvalue weighted by Crippen LogP contribution is 2.47. The summed E-state index contributed by atoms with van der Waals surface area (Å²) < 4.78 is 85.9. The zero-order valence-electron chi connectivity index (χ0n) is 46.6. The minimum absolute atomic E-state index is 0.101. The van der Waals surface area contributed by atoms with Crippen molar-refractivity contribution in [3.05, 3.63) is 53.9 Å². The van der Waals surface area contributed by atoms with Gasteiger partial charge in [-0.15, -0.1) is 5.10 Å². The van der Waals surface area contributed by atoms with Crippen molar-refractivity contribution in [2.24, 2.45) is 29.1 Å². The van der Waals surface area contributed by atoms with Crippen LogP contribution >= 0.6 is 0 Å². The molecule has 1 aromatic heterocycles. The molecule has 1 aromatic carbocycles. The third kappa shape index (κ3) is 14.0. The number of cyclic esters (lactones) is 1. The first-order valence-electron chi connectivity index (χ1n) is 26.9. The molecule has 4 aliphatic rings. The Morgan fingerprint density at radius 2 is 1.72 bits per heavy atom. The summed E-state index contributed by atoms with van der Waals surface area (Å²) in [7, 11) is 0.0649. The highest BCUT2D eigenvalue weighted by atomic mass is 32.2. The molecular formula is C55H88FN5O13S. The van der Waals surface area contributed by atoms with Gasteiger partial charge in [0.2, 0.25) is 0 Å². The molecule has 19 atom stereocenters. The number of likely N-dealkylation sites (N-methyl/N-ethyl adjacent to an activating group) is 1. The van der Waals surface area contributed by atoms with Crippen LogP contribution in [0.5, 0.6) is 0 Å². The molecule has 0 aliphatic carbocycles. The van der Waals surface area contributed by atoms with E-state index in [2.05, 4.69) is 23.8 Å². The molecule has 0 saturated carbocycles. The summed E-state index contributed by atoms with van der Waals surface area (Å²) in [5.74, 6) is -3.21. The Hall–Kier alpha value is -3.28. The number of aromatic nitrogens is 3. The third-order valence-electron chi connectivity index (χ3n) is 17.1. The van der Waals surface area contributed by atoms with E-state index < -0.39 is 124 Å². The van der Waals surface area contributed by atoms with Gasteiger partial charge in [0, 0.05) is 62.5 Å². The largest absolute Gasteiger partial charge is 0.459 e. The molecule has 0 unspecified atom stereocenters. The predicted molar refractivity (Wildman–Crippen MR) is 280 cm³/mol. The van der Waals surface area contributed by atoms with Gasteiger partial charge in [0.05, 0.1) is 65.3 Å². The molecule has 4 fully saturated rings. The number of carbonyl (C=O) groups excluding carboxylic acids is 1. The molecule has 424 valence electrons. The van der Waals surface area contributed by atoms with Gasteiger partial charge in [0.1, 0.15) is 30.6 Å². The molecule has 2 bridgehead atoms. The monoisotopic (exact) mass is 1080 g/mol. The molecule has 2 aromatic rings. The van der Waals surface area contributed by atoms with Gasteiger partial charge in [-0.05, 0) is 109 Å². The minimum Gasteiger partial charge on any atom is -0.459 e. The van der Waals surface area contributed by atoms with Gasteiger partial charge in [-0.2, -0.15) is 0 Å². The van der Waals surface area contributed by atoms with Crippen LogP contribution in [-0.4, -0.2) is 174 Å². The van der Waals surface area contributed by atoms with Gasteiger partial charge in [-0.1, -0.05) is 64.1 Å². The SMILES string of the molecule is C=C1CC[C@]2(C)C[C@@H](C)C(=N)[C@H](C)[C@@H](OC1)[C@](C)(O)[C@@H](CC)OC(=O)[C@H](C)[C@@H](O[C@H]1C[C@@](C)(OC)[C@@H](O)[C@H](C)O1)[C@H](C)[C@H]2O[C@@H]1O[C@H](C)C[C@H](N(C)CCc2cn([C@H](CF)Cc3ccc(S(C)(=O)=O)cc3)nn2)[C@H]1O. The quantitative estimate of drug-likeness (QED) is 0.114. The second-order valence-corrected chi connectivity index (χ2v) is 25.3. The topological polar surface area (TPSA) is 234 Å². The summed E-state index contributed by atoms with van der Waals surface area (Å²) >= 11 is 0. The highest BCUT2D eigenvalue weighted by Gasteiger charge is 2.54. The van der Waals surface area contributed by atoms with Crippen molar-refractivity contribution in [2.75, 3.05) is 40.2 Å². The average Bonchev–Trinajstić information content (AvgIpc) is 3.83. The van der Waals surface area contributed by atoms with Crippen LogP contribution < -0.4 is 0 Å². The number of nitrogens with zero attached hydrogens (tertiary/aromatic N) is 4. The first kappa shape index (κ1) is 60.9. The zero-order chi connectivity index (χ0) is 55.5. The summed E-state index contributed by atoms with van der Waals surface area (Å²) in [4.78, 5) is 17.0. The normalized spacial score (nSPS) is 39.3. The van der Waals surface area contributed by atoms with Crippen molar-refractivity contribution in [3.8, 4) is 0 Å². The van der Waals surface area contributed by atoms with Crippen LogP contribution in [0.2, 0.25) is 0 Å². The average molecular weight is 1080 g/mol. The van der Waals surface area contributed by atoms with Gasteiger partial charge in [-0.25, -0.2) is 17.5 Å².